The summed E-state index contributed by atoms with van der Waals surface area (Å²) in [6, 6.07) is 7.21. The first-order valence-electron chi connectivity index (χ1n) is 13.2. The molecule has 3 N–H and O–H groups in total. The molecule has 216 valence electrons. The van der Waals surface area contributed by atoms with Crippen molar-refractivity contribution in [1.29, 1.82) is 5.26 Å². The van der Waals surface area contributed by atoms with Gasteiger partial charge in [-0.3, -0.25) is 9.52 Å². The van der Waals surface area contributed by atoms with Crippen LogP contribution in [0.3, 0.4) is 0 Å². The van der Waals surface area contributed by atoms with Crippen LogP contribution in [0.15, 0.2) is 24.3 Å². The predicted octanol–water partition coefficient (Wildman–Crippen LogP) is 4.02. The van der Waals surface area contributed by atoms with Gasteiger partial charge in [-0.05, 0) is 69.1 Å². The van der Waals surface area contributed by atoms with E-state index in [-0.39, 0.29) is 35.6 Å². The van der Waals surface area contributed by atoms with Gasteiger partial charge in [0.25, 0.3) is 5.91 Å². The van der Waals surface area contributed by atoms with Crippen LogP contribution >= 0.6 is 0 Å². The molecular weight excluding hydrogens is 549 g/mol. The summed E-state index contributed by atoms with van der Waals surface area (Å²) in [5.74, 6) is -1.94. The number of nitriles is 1. The third kappa shape index (κ3) is 5.62. The van der Waals surface area contributed by atoms with E-state index in [1.165, 1.54) is 42.6 Å². The number of nitrogens with one attached hydrogen (secondary N) is 2. The molecule has 10 nitrogen and oxygen atoms in total. The van der Waals surface area contributed by atoms with Gasteiger partial charge >= 0.3 is 6.18 Å². The lowest BCUT2D eigenvalue weighted by molar-refractivity contribution is -0.203. The smallest absolute Gasteiger partial charge is 0.391 e. The number of aromatic nitrogens is 2. The van der Waals surface area contributed by atoms with Crippen LogP contribution in [0.1, 0.15) is 67.5 Å². The lowest BCUT2D eigenvalue weighted by atomic mass is 9.80. The van der Waals surface area contributed by atoms with Crippen LogP contribution in [0.25, 0.3) is 0 Å². The number of nitrogens with zero attached hydrogens (tertiary/aromatic N) is 4. The molecule has 5 rings (SSSR count). The van der Waals surface area contributed by atoms with Gasteiger partial charge in [0.15, 0.2) is 5.82 Å². The molecule has 0 radical (unpaired) electrons. The van der Waals surface area contributed by atoms with Crippen molar-refractivity contribution < 1.29 is 31.5 Å². The molecule has 2 aromatic rings. The van der Waals surface area contributed by atoms with E-state index in [9.17, 15) is 36.8 Å². The van der Waals surface area contributed by atoms with E-state index in [4.69, 9.17) is 0 Å². The van der Waals surface area contributed by atoms with Crippen molar-refractivity contribution >= 4 is 33.1 Å². The van der Waals surface area contributed by atoms with Gasteiger partial charge in [-0.25, -0.2) is 13.1 Å². The topological polar surface area (TPSA) is 140 Å². The Morgan fingerprint density at radius 2 is 1.90 bits per heavy atom. The molecule has 1 aromatic heterocycles. The Labute approximate surface area is 230 Å². The van der Waals surface area contributed by atoms with Crippen molar-refractivity contribution in [2.75, 3.05) is 34.6 Å². The molecule has 1 spiro atoms. The van der Waals surface area contributed by atoms with Gasteiger partial charge in [-0.2, -0.15) is 23.5 Å². The van der Waals surface area contributed by atoms with Gasteiger partial charge < -0.3 is 15.3 Å². The number of carbonyl (C=O) groups is 1. The molecule has 3 aliphatic rings. The number of piperidine rings is 1. The third-order valence-corrected chi connectivity index (χ3v) is 10.2. The van der Waals surface area contributed by atoms with Crippen molar-refractivity contribution in [3.8, 4) is 6.07 Å². The summed E-state index contributed by atoms with van der Waals surface area (Å²) in [5.41, 5.74) is 1.45. The fourth-order valence-electron chi connectivity index (χ4n) is 5.37. The number of alkyl halides is 3. The molecule has 1 aliphatic heterocycles. The Kier molecular flexibility index (Phi) is 7.24. The van der Waals surface area contributed by atoms with E-state index in [0.29, 0.717) is 24.2 Å². The Morgan fingerprint density at radius 3 is 2.48 bits per heavy atom. The lowest BCUT2D eigenvalue weighted by Crippen LogP contribution is -2.37. The van der Waals surface area contributed by atoms with E-state index in [1.807, 2.05) is 11.0 Å². The average molecular weight is 581 g/mol. The van der Waals surface area contributed by atoms with Gasteiger partial charge in [0, 0.05) is 19.2 Å². The Balaban J connectivity index is 1.38. The van der Waals surface area contributed by atoms with Crippen LogP contribution in [0, 0.1) is 22.7 Å². The van der Waals surface area contributed by atoms with E-state index in [1.54, 1.807) is 6.07 Å². The van der Waals surface area contributed by atoms with Gasteiger partial charge in [-0.1, -0.05) is 0 Å². The molecule has 1 unspecified atom stereocenters. The van der Waals surface area contributed by atoms with Crippen molar-refractivity contribution in [2.24, 2.45) is 11.3 Å². The second-order valence-corrected chi connectivity index (χ2v) is 13.2. The highest BCUT2D eigenvalue weighted by atomic mass is 32.2. The Morgan fingerprint density at radius 1 is 1.23 bits per heavy atom. The Bertz CT molecular complexity index is 1430. The van der Waals surface area contributed by atoms with Crippen LogP contribution in [0.4, 0.5) is 30.4 Å². The minimum atomic E-state index is -4.30. The summed E-state index contributed by atoms with van der Waals surface area (Å²) in [4.78, 5) is 15.5. The molecule has 3 fully saturated rings. The predicted molar refractivity (Wildman–Crippen MR) is 141 cm³/mol. The highest BCUT2D eigenvalue weighted by molar-refractivity contribution is 7.93. The highest BCUT2D eigenvalue weighted by Gasteiger charge is 2.49. The molecule has 2 saturated carbocycles. The standard InChI is InChI=1S/C26H31F3N6O4S/c1-16(15-36)40(38,39)33-18-2-3-21(22(12-18)34-8-6-25(4-5-25)7-9-34)24(37)31-23-13-20(14-30)35(32-23)19-10-17(11-19)26(27,28)29/h2-3,12-13,16-17,19,33,36H,4-11,15H2,1H3,(H,31,32,37). The van der Waals surface area contributed by atoms with Crippen LogP contribution in [0.2, 0.25) is 0 Å². The molecule has 2 heterocycles. The quantitative estimate of drug-likeness (QED) is 0.428. The minimum absolute atomic E-state index is 0.0417. The van der Waals surface area contributed by atoms with Crippen LogP contribution in [-0.4, -0.2) is 60.3 Å². The average Bonchev–Trinajstić information content (AvgIpc) is 3.50. The highest BCUT2D eigenvalue weighted by Crippen LogP contribution is 2.54. The van der Waals surface area contributed by atoms with E-state index in [2.05, 4.69) is 15.1 Å². The van der Waals surface area contributed by atoms with Gasteiger partial charge in [0.1, 0.15) is 17.0 Å². The number of anilines is 3. The SMILES string of the molecule is CC(CO)S(=O)(=O)Nc1ccc(C(=O)Nc2cc(C#N)n(C3CC(C(F)(F)F)C3)n2)c(N2CCC3(CC2)CC3)c1. The first kappa shape index (κ1) is 28.2. The lowest BCUT2D eigenvalue weighted by Gasteiger charge is -2.36. The van der Waals surface area contributed by atoms with E-state index < -0.39 is 45.9 Å². The number of rotatable bonds is 8. The molecule has 14 heteroatoms. The summed E-state index contributed by atoms with van der Waals surface area (Å²) < 4.78 is 67.6. The maximum Gasteiger partial charge on any atom is 0.391 e. The summed E-state index contributed by atoms with van der Waals surface area (Å²) >= 11 is 0. The first-order chi connectivity index (χ1) is 18.8. The van der Waals surface area contributed by atoms with Crippen LogP contribution < -0.4 is 14.9 Å². The van der Waals surface area contributed by atoms with Crippen molar-refractivity contribution in [3.63, 3.8) is 0 Å². The van der Waals surface area contributed by atoms with Gasteiger partial charge in [0.05, 0.1) is 35.5 Å². The summed E-state index contributed by atoms with van der Waals surface area (Å²) in [6.07, 6.45) is -0.374. The van der Waals surface area contributed by atoms with E-state index in [0.717, 1.165) is 12.8 Å². The molecule has 2 aliphatic carbocycles. The number of benzene rings is 1. The zero-order valence-electron chi connectivity index (χ0n) is 21.9. The Hall–Kier alpha value is -3.31. The van der Waals surface area contributed by atoms with Crippen LogP contribution in [-0.2, 0) is 10.0 Å². The maximum atomic E-state index is 13.4. The molecule has 1 saturated heterocycles. The fraction of sp³-hybridized carbons (Fsp3) is 0.577. The molecular formula is C26H31F3N6O4S. The fourth-order valence-corrected chi connectivity index (χ4v) is 6.22. The largest absolute Gasteiger partial charge is 0.395 e. The molecule has 1 atom stereocenters. The summed E-state index contributed by atoms with van der Waals surface area (Å²) in [7, 11) is -3.86. The second-order valence-electron chi connectivity index (χ2n) is 11.1. The van der Waals surface area contributed by atoms with Crippen molar-refractivity contribution in [2.45, 2.75) is 62.9 Å². The van der Waals surface area contributed by atoms with Crippen LogP contribution in [0.5, 0.6) is 0 Å². The third-order valence-electron chi connectivity index (χ3n) is 8.43. The number of hydrogen-bond acceptors (Lipinski definition) is 7. The molecule has 1 aromatic carbocycles. The second kappa shape index (κ2) is 10.3. The van der Waals surface area contributed by atoms with Gasteiger partial charge in [-0.15, -0.1) is 0 Å². The van der Waals surface area contributed by atoms with Gasteiger partial charge in [0.2, 0.25) is 10.0 Å². The zero-order chi connectivity index (χ0) is 28.9. The maximum absolute atomic E-state index is 13.4. The minimum Gasteiger partial charge on any atom is -0.395 e. The number of halogens is 3. The number of hydrogen-bond donors (Lipinski definition) is 3. The monoisotopic (exact) mass is 580 g/mol. The molecule has 40 heavy (non-hydrogen) atoms. The normalized spacial score (nSPS) is 22.8. The van der Waals surface area contributed by atoms with Crippen molar-refractivity contribution in [1.82, 2.24) is 9.78 Å². The number of aliphatic hydroxyl groups excluding tert-OH is 1. The summed E-state index contributed by atoms with van der Waals surface area (Å²) in [6.45, 7) is 2.22. The molecule has 1 amide bonds. The zero-order valence-corrected chi connectivity index (χ0v) is 22.7. The van der Waals surface area contributed by atoms with Crippen molar-refractivity contribution in [3.05, 3.63) is 35.5 Å². The number of amides is 1. The number of sulfonamides is 1. The molecule has 0 bridgehead atoms. The summed E-state index contributed by atoms with van der Waals surface area (Å²) in [5, 5.41) is 24.6. The number of aliphatic hydroxyl groups is 1. The number of carbonyl (C=O) groups excluding carboxylic acids is 1. The van der Waals surface area contributed by atoms with E-state index >= 15 is 0 Å². The first-order valence-corrected chi connectivity index (χ1v) is 14.8.